The number of hydrogen-bond acceptors (Lipinski definition) is 2. The molecule has 64 valence electrons. The second-order valence-corrected chi connectivity index (χ2v) is 3.06. The second-order valence-electron chi connectivity index (χ2n) is 2.25. The zero-order valence-electron chi connectivity index (χ0n) is 6.30. The van der Waals surface area contributed by atoms with Crippen LogP contribution in [0.4, 0.5) is 0 Å². The molecule has 1 aromatic carbocycles. The number of benzene rings is 1. The molecule has 0 N–H and O–H groups in total. The van der Waals surface area contributed by atoms with Gasteiger partial charge in [0.25, 0.3) is 6.47 Å². The number of rotatable bonds is 2. The summed E-state index contributed by atoms with van der Waals surface area (Å²) in [6.07, 6.45) is 0. The van der Waals surface area contributed by atoms with Crippen molar-refractivity contribution in [3.63, 3.8) is 0 Å². The highest BCUT2D eigenvalue weighted by Crippen LogP contribution is 2.30. The van der Waals surface area contributed by atoms with E-state index in [4.69, 9.17) is 23.2 Å². The van der Waals surface area contributed by atoms with Gasteiger partial charge >= 0.3 is 0 Å². The average molecular weight is 205 g/mol. The van der Waals surface area contributed by atoms with Crippen LogP contribution in [-0.4, -0.2) is 6.47 Å². The molecule has 0 aromatic heterocycles. The third-order valence-electron chi connectivity index (χ3n) is 1.39. The second kappa shape index (κ2) is 3.78. The van der Waals surface area contributed by atoms with Crippen molar-refractivity contribution in [1.29, 1.82) is 0 Å². The van der Waals surface area contributed by atoms with Crippen molar-refractivity contribution in [2.45, 2.75) is 6.92 Å². The Kier molecular flexibility index (Phi) is 2.95. The first-order valence-corrected chi connectivity index (χ1v) is 3.96. The Hall–Kier alpha value is -0.730. The Morgan fingerprint density at radius 3 is 2.58 bits per heavy atom. The van der Waals surface area contributed by atoms with Crippen molar-refractivity contribution in [3.05, 3.63) is 27.7 Å². The Bertz CT molecular complexity index is 310. The highest BCUT2D eigenvalue weighted by Gasteiger charge is 2.04. The largest absolute Gasteiger partial charge is 0.427 e. The van der Waals surface area contributed by atoms with Crippen molar-refractivity contribution < 1.29 is 9.53 Å². The maximum absolute atomic E-state index is 10.00. The van der Waals surface area contributed by atoms with E-state index >= 15 is 0 Å². The summed E-state index contributed by atoms with van der Waals surface area (Å²) >= 11 is 11.5. The summed E-state index contributed by atoms with van der Waals surface area (Å²) in [5.74, 6) is 0.280. The van der Waals surface area contributed by atoms with Gasteiger partial charge < -0.3 is 4.74 Å². The number of ether oxygens (including phenoxy) is 1. The number of aryl methyl sites for hydroxylation is 1. The molecule has 1 aromatic rings. The summed E-state index contributed by atoms with van der Waals surface area (Å²) in [7, 11) is 0. The van der Waals surface area contributed by atoms with Gasteiger partial charge in [-0.1, -0.05) is 23.2 Å². The molecule has 0 unspecified atom stereocenters. The maximum Gasteiger partial charge on any atom is 0.298 e. The van der Waals surface area contributed by atoms with E-state index in [9.17, 15) is 4.79 Å². The molecular formula is C8H6Cl2O2. The molecule has 1 rings (SSSR count). The number of carbonyl (C=O) groups excluding carboxylic acids is 1. The highest BCUT2D eigenvalue weighted by atomic mass is 35.5. The summed E-state index contributed by atoms with van der Waals surface area (Å²) in [6, 6.07) is 3.15. The molecule has 0 aliphatic carbocycles. The van der Waals surface area contributed by atoms with Crippen LogP contribution in [0.1, 0.15) is 5.56 Å². The summed E-state index contributed by atoms with van der Waals surface area (Å²) in [4.78, 5) is 10.00. The molecule has 0 aliphatic heterocycles. The Morgan fingerprint density at radius 1 is 1.33 bits per heavy atom. The van der Waals surface area contributed by atoms with Crippen LogP contribution in [0.5, 0.6) is 5.75 Å². The maximum atomic E-state index is 10.00. The third kappa shape index (κ3) is 1.90. The molecule has 0 saturated heterocycles. The lowest BCUT2D eigenvalue weighted by Gasteiger charge is -2.03. The minimum absolute atomic E-state index is 0.280. The predicted octanol–water partition coefficient (Wildman–Crippen LogP) is 2.84. The van der Waals surface area contributed by atoms with Crippen LogP contribution in [0.3, 0.4) is 0 Å². The molecule has 0 radical (unpaired) electrons. The van der Waals surface area contributed by atoms with E-state index in [0.717, 1.165) is 5.56 Å². The van der Waals surface area contributed by atoms with Crippen LogP contribution in [0.25, 0.3) is 0 Å². The van der Waals surface area contributed by atoms with E-state index in [1.807, 2.05) is 6.92 Å². The first kappa shape index (κ1) is 9.36. The quantitative estimate of drug-likeness (QED) is 0.693. The van der Waals surface area contributed by atoms with Crippen LogP contribution in [-0.2, 0) is 4.79 Å². The summed E-state index contributed by atoms with van der Waals surface area (Å²) < 4.78 is 4.58. The average Bonchev–Trinajstić information content (AvgIpc) is 2.01. The van der Waals surface area contributed by atoms with E-state index in [2.05, 4.69) is 4.74 Å². The lowest BCUT2D eigenvalue weighted by atomic mass is 10.2. The van der Waals surface area contributed by atoms with Gasteiger partial charge in [-0.15, -0.1) is 0 Å². The molecule has 0 heterocycles. The minimum Gasteiger partial charge on any atom is -0.427 e. The van der Waals surface area contributed by atoms with E-state index in [1.165, 1.54) is 6.07 Å². The first-order chi connectivity index (χ1) is 5.65. The third-order valence-corrected chi connectivity index (χ3v) is 2.09. The lowest BCUT2D eigenvalue weighted by molar-refractivity contribution is -0.120. The van der Waals surface area contributed by atoms with Crippen LogP contribution in [0.15, 0.2) is 12.1 Å². The summed E-state index contributed by atoms with van der Waals surface area (Å²) in [5, 5.41) is 0.903. The fourth-order valence-electron chi connectivity index (χ4n) is 0.770. The molecule has 0 spiro atoms. The molecular weight excluding hydrogens is 199 g/mol. The van der Waals surface area contributed by atoms with Gasteiger partial charge in [-0.25, -0.2) is 0 Å². The number of halogens is 2. The van der Waals surface area contributed by atoms with Crippen molar-refractivity contribution in [2.24, 2.45) is 0 Å². The van der Waals surface area contributed by atoms with Gasteiger partial charge in [0, 0.05) is 11.1 Å². The summed E-state index contributed by atoms with van der Waals surface area (Å²) in [5.41, 5.74) is 0.847. The number of carbonyl (C=O) groups is 1. The molecule has 2 nitrogen and oxygen atoms in total. The van der Waals surface area contributed by atoms with E-state index in [0.29, 0.717) is 16.5 Å². The molecule has 0 aliphatic rings. The summed E-state index contributed by atoms with van der Waals surface area (Å²) in [6.45, 7) is 2.13. The van der Waals surface area contributed by atoms with Gasteiger partial charge in [0.2, 0.25) is 0 Å². The minimum atomic E-state index is 0.280. The van der Waals surface area contributed by atoms with Crippen molar-refractivity contribution in [1.82, 2.24) is 0 Å². The van der Waals surface area contributed by atoms with Crippen molar-refractivity contribution in [3.8, 4) is 5.75 Å². The van der Waals surface area contributed by atoms with Gasteiger partial charge in [0.15, 0.2) is 5.75 Å². The fraction of sp³-hybridized carbons (Fsp3) is 0.125. The van der Waals surface area contributed by atoms with Crippen LogP contribution in [0, 0.1) is 6.92 Å². The van der Waals surface area contributed by atoms with E-state index in [-0.39, 0.29) is 5.75 Å². The standard InChI is InChI=1S/C8H6Cl2O2/c1-5-2-7(10)8(12-4-11)3-6(5)9/h2-4H,1H3. The normalized spacial score (nSPS) is 9.58. The van der Waals surface area contributed by atoms with Gasteiger partial charge in [0.1, 0.15) is 0 Å². The fourth-order valence-corrected chi connectivity index (χ4v) is 1.19. The Labute approximate surface area is 80.0 Å². The lowest BCUT2D eigenvalue weighted by Crippen LogP contribution is -1.90. The molecule has 4 heteroatoms. The molecule has 0 saturated carbocycles. The predicted molar refractivity (Wildman–Crippen MR) is 47.9 cm³/mol. The van der Waals surface area contributed by atoms with Gasteiger partial charge in [-0.3, -0.25) is 4.79 Å². The van der Waals surface area contributed by atoms with Gasteiger partial charge in [0.05, 0.1) is 5.02 Å². The molecule has 0 fully saturated rings. The van der Waals surface area contributed by atoms with Crippen molar-refractivity contribution in [2.75, 3.05) is 0 Å². The molecule has 12 heavy (non-hydrogen) atoms. The monoisotopic (exact) mass is 204 g/mol. The highest BCUT2D eigenvalue weighted by molar-refractivity contribution is 6.34. The van der Waals surface area contributed by atoms with E-state index < -0.39 is 0 Å². The smallest absolute Gasteiger partial charge is 0.298 e. The topological polar surface area (TPSA) is 26.3 Å². The Morgan fingerprint density at radius 2 is 2.00 bits per heavy atom. The van der Waals surface area contributed by atoms with Crippen LogP contribution < -0.4 is 4.74 Å². The molecule has 0 bridgehead atoms. The zero-order valence-corrected chi connectivity index (χ0v) is 7.82. The van der Waals surface area contributed by atoms with Crippen LogP contribution in [0.2, 0.25) is 10.0 Å². The first-order valence-electron chi connectivity index (χ1n) is 3.21. The SMILES string of the molecule is Cc1cc(Cl)c(OC=O)cc1Cl. The Balaban J connectivity index is 3.13. The van der Waals surface area contributed by atoms with Crippen molar-refractivity contribution >= 4 is 29.7 Å². The molecule has 0 amide bonds. The van der Waals surface area contributed by atoms with Gasteiger partial charge in [-0.2, -0.15) is 0 Å². The number of hydrogen-bond donors (Lipinski definition) is 0. The van der Waals surface area contributed by atoms with E-state index in [1.54, 1.807) is 6.07 Å². The van der Waals surface area contributed by atoms with Gasteiger partial charge in [-0.05, 0) is 18.6 Å². The zero-order chi connectivity index (χ0) is 9.14. The molecule has 0 atom stereocenters. The van der Waals surface area contributed by atoms with Crippen LogP contribution >= 0.6 is 23.2 Å².